The van der Waals surface area contributed by atoms with Crippen LogP contribution in [0.4, 0.5) is 11.4 Å². The predicted molar refractivity (Wildman–Crippen MR) is 52.9 cm³/mol. The molecule has 0 fully saturated rings. The molecule has 64 valence electrons. The summed E-state index contributed by atoms with van der Waals surface area (Å²) in [7, 11) is 0. The lowest BCUT2D eigenvalue weighted by Gasteiger charge is -2.03. The third kappa shape index (κ3) is 2.23. The quantitative estimate of drug-likeness (QED) is 0.723. The maximum atomic E-state index is 10.6. The molecule has 1 aromatic carbocycles. The van der Waals surface area contributed by atoms with Crippen LogP contribution >= 0.6 is 15.9 Å². The summed E-state index contributed by atoms with van der Waals surface area (Å²) >= 11 is 3.26. The molecule has 12 heavy (non-hydrogen) atoms. The molecule has 0 saturated carbocycles. The van der Waals surface area contributed by atoms with E-state index in [1.165, 1.54) is 6.92 Å². The third-order valence-corrected chi connectivity index (χ3v) is 2.04. The molecule has 3 N–H and O–H groups in total. The van der Waals surface area contributed by atoms with Gasteiger partial charge in [0.2, 0.25) is 5.91 Å². The van der Waals surface area contributed by atoms with Gasteiger partial charge in [-0.1, -0.05) is 0 Å². The van der Waals surface area contributed by atoms with Crippen molar-refractivity contribution >= 4 is 33.2 Å². The number of anilines is 2. The fourth-order valence-electron chi connectivity index (χ4n) is 0.825. The molecule has 0 saturated heterocycles. The predicted octanol–water partition coefficient (Wildman–Crippen LogP) is 1.99. The highest BCUT2D eigenvalue weighted by Gasteiger charge is 1.98. The Morgan fingerprint density at radius 2 is 2.25 bits per heavy atom. The molecule has 0 radical (unpaired) electrons. The summed E-state index contributed by atoms with van der Waals surface area (Å²) in [6.07, 6.45) is 0. The van der Waals surface area contributed by atoms with Crippen LogP contribution in [0, 0.1) is 0 Å². The summed E-state index contributed by atoms with van der Waals surface area (Å²) in [5.74, 6) is -0.100. The van der Waals surface area contributed by atoms with Gasteiger partial charge in [-0.2, -0.15) is 0 Å². The van der Waals surface area contributed by atoms with E-state index in [9.17, 15) is 4.79 Å². The van der Waals surface area contributed by atoms with Crippen LogP contribution < -0.4 is 11.1 Å². The van der Waals surface area contributed by atoms with E-state index in [-0.39, 0.29) is 5.91 Å². The number of hydrogen-bond acceptors (Lipinski definition) is 2. The minimum Gasteiger partial charge on any atom is -0.398 e. The van der Waals surface area contributed by atoms with Crippen LogP contribution in [0.5, 0.6) is 0 Å². The highest BCUT2D eigenvalue weighted by molar-refractivity contribution is 9.10. The van der Waals surface area contributed by atoms with Crippen LogP contribution in [0.25, 0.3) is 0 Å². The molecule has 0 aliphatic carbocycles. The topological polar surface area (TPSA) is 55.1 Å². The van der Waals surface area contributed by atoms with Gasteiger partial charge >= 0.3 is 0 Å². The molecule has 0 aromatic heterocycles. The van der Waals surface area contributed by atoms with E-state index < -0.39 is 0 Å². The summed E-state index contributed by atoms with van der Waals surface area (Å²) in [6, 6.07) is 5.27. The molecule has 0 bridgehead atoms. The number of carbonyl (C=O) groups is 1. The SMILES string of the molecule is CC(=O)Nc1ccc(Br)c(N)c1. The Hall–Kier alpha value is -1.03. The van der Waals surface area contributed by atoms with Crippen molar-refractivity contribution in [2.24, 2.45) is 0 Å². The second-order valence-corrected chi connectivity index (χ2v) is 3.27. The first-order valence-corrected chi connectivity index (χ1v) is 4.21. The largest absolute Gasteiger partial charge is 0.398 e. The first kappa shape index (κ1) is 9.06. The smallest absolute Gasteiger partial charge is 0.221 e. The molecule has 0 aliphatic rings. The molecule has 0 heterocycles. The van der Waals surface area contributed by atoms with E-state index in [1.807, 2.05) is 0 Å². The highest BCUT2D eigenvalue weighted by Crippen LogP contribution is 2.22. The van der Waals surface area contributed by atoms with E-state index in [1.54, 1.807) is 18.2 Å². The Kier molecular flexibility index (Phi) is 2.70. The van der Waals surface area contributed by atoms with Crippen LogP contribution in [-0.4, -0.2) is 5.91 Å². The van der Waals surface area contributed by atoms with Crippen LogP contribution in [0.1, 0.15) is 6.92 Å². The van der Waals surface area contributed by atoms with Gasteiger partial charge in [0, 0.05) is 22.8 Å². The Morgan fingerprint density at radius 1 is 1.58 bits per heavy atom. The lowest BCUT2D eigenvalue weighted by atomic mass is 10.3. The lowest BCUT2D eigenvalue weighted by Crippen LogP contribution is -2.05. The minimum atomic E-state index is -0.100. The summed E-state index contributed by atoms with van der Waals surface area (Å²) in [6.45, 7) is 1.46. The van der Waals surface area contributed by atoms with Crippen molar-refractivity contribution in [3.63, 3.8) is 0 Å². The van der Waals surface area contributed by atoms with E-state index >= 15 is 0 Å². The van der Waals surface area contributed by atoms with E-state index in [4.69, 9.17) is 5.73 Å². The zero-order valence-corrected chi connectivity index (χ0v) is 8.18. The highest BCUT2D eigenvalue weighted by atomic mass is 79.9. The van der Waals surface area contributed by atoms with Crippen LogP contribution in [0.3, 0.4) is 0 Å². The number of nitrogens with one attached hydrogen (secondary N) is 1. The van der Waals surface area contributed by atoms with Gasteiger partial charge in [-0.05, 0) is 34.1 Å². The molecular formula is C8H9BrN2O. The van der Waals surface area contributed by atoms with E-state index in [0.29, 0.717) is 11.4 Å². The zero-order valence-electron chi connectivity index (χ0n) is 6.60. The maximum Gasteiger partial charge on any atom is 0.221 e. The zero-order chi connectivity index (χ0) is 9.14. The number of halogens is 1. The molecule has 0 atom stereocenters. The Morgan fingerprint density at radius 3 is 2.75 bits per heavy atom. The van der Waals surface area contributed by atoms with Gasteiger partial charge in [-0.3, -0.25) is 4.79 Å². The molecule has 1 amide bonds. The van der Waals surface area contributed by atoms with Gasteiger partial charge in [-0.25, -0.2) is 0 Å². The molecule has 1 aromatic rings. The second kappa shape index (κ2) is 3.58. The number of rotatable bonds is 1. The molecule has 0 unspecified atom stereocenters. The standard InChI is InChI=1S/C8H9BrN2O/c1-5(12)11-6-2-3-7(9)8(10)4-6/h2-4H,10H2,1H3,(H,11,12). The summed E-state index contributed by atoms with van der Waals surface area (Å²) in [5.41, 5.74) is 6.92. The molecule has 4 heteroatoms. The van der Waals surface area contributed by atoms with Gasteiger partial charge in [0.15, 0.2) is 0 Å². The van der Waals surface area contributed by atoms with E-state index in [2.05, 4.69) is 21.2 Å². The van der Waals surface area contributed by atoms with Crippen LogP contribution in [-0.2, 0) is 4.79 Å². The maximum absolute atomic E-state index is 10.6. The number of nitrogens with two attached hydrogens (primary N) is 1. The fraction of sp³-hybridized carbons (Fsp3) is 0.125. The number of nitrogen functional groups attached to an aromatic ring is 1. The number of benzene rings is 1. The van der Waals surface area contributed by atoms with Gasteiger partial charge in [-0.15, -0.1) is 0 Å². The van der Waals surface area contributed by atoms with Crippen molar-refractivity contribution in [2.75, 3.05) is 11.1 Å². The van der Waals surface area contributed by atoms with Crippen molar-refractivity contribution < 1.29 is 4.79 Å². The monoisotopic (exact) mass is 228 g/mol. The summed E-state index contributed by atoms with van der Waals surface area (Å²) in [4.78, 5) is 10.6. The van der Waals surface area contributed by atoms with Gasteiger partial charge < -0.3 is 11.1 Å². The van der Waals surface area contributed by atoms with Crippen molar-refractivity contribution in [1.82, 2.24) is 0 Å². The second-order valence-electron chi connectivity index (χ2n) is 2.42. The summed E-state index contributed by atoms with van der Waals surface area (Å²) < 4.78 is 0.830. The Labute approximate surface area is 79.1 Å². The number of hydrogen-bond donors (Lipinski definition) is 2. The fourth-order valence-corrected chi connectivity index (χ4v) is 1.07. The molecule has 1 rings (SSSR count). The number of carbonyl (C=O) groups excluding carboxylic acids is 1. The van der Waals surface area contributed by atoms with Crippen molar-refractivity contribution in [2.45, 2.75) is 6.92 Å². The average molecular weight is 229 g/mol. The molecular weight excluding hydrogens is 220 g/mol. The van der Waals surface area contributed by atoms with Crippen molar-refractivity contribution in [3.8, 4) is 0 Å². The summed E-state index contributed by atoms with van der Waals surface area (Å²) in [5, 5.41) is 2.63. The number of amides is 1. The third-order valence-electron chi connectivity index (χ3n) is 1.32. The normalized spacial score (nSPS) is 9.50. The Balaban J connectivity index is 2.89. The molecule has 0 aliphatic heterocycles. The first-order valence-electron chi connectivity index (χ1n) is 3.42. The Bertz CT molecular complexity index is 312. The minimum absolute atomic E-state index is 0.100. The lowest BCUT2D eigenvalue weighted by molar-refractivity contribution is -0.114. The first-order chi connectivity index (χ1) is 5.59. The van der Waals surface area contributed by atoms with Gasteiger partial charge in [0.1, 0.15) is 0 Å². The van der Waals surface area contributed by atoms with Crippen LogP contribution in [0.15, 0.2) is 22.7 Å². The molecule has 0 spiro atoms. The van der Waals surface area contributed by atoms with Gasteiger partial charge in [0.25, 0.3) is 0 Å². The van der Waals surface area contributed by atoms with Crippen molar-refractivity contribution in [1.29, 1.82) is 0 Å². The average Bonchev–Trinajstić information content (AvgIpc) is 1.96. The molecule has 3 nitrogen and oxygen atoms in total. The van der Waals surface area contributed by atoms with Crippen molar-refractivity contribution in [3.05, 3.63) is 22.7 Å². The van der Waals surface area contributed by atoms with E-state index in [0.717, 1.165) is 4.47 Å². The van der Waals surface area contributed by atoms with Crippen LogP contribution in [0.2, 0.25) is 0 Å². The van der Waals surface area contributed by atoms with Gasteiger partial charge in [0.05, 0.1) is 0 Å².